The third kappa shape index (κ3) is 4.50. The molecular weight excluding hydrogens is 264 g/mol. The van der Waals surface area contributed by atoms with E-state index in [-0.39, 0.29) is 23.8 Å². The molecule has 0 spiro atoms. The lowest BCUT2D eigenvalue weighted by molar-refractivity contribution is 0.266. The van der Waals surface area contributed by atoms with E-state index in [4.69, 9.17) is 23.2 Å². The highest BCUT2D eigenvalue weighted by Crippen LogP contribution is 2.26. The van der Waals surface area contributed by atoms with Crippen molar-refractivity contribution in [2.45, 2.75) is 18.3 Å². The SMILES string of the molecule is CC(C(Cl)c1ccccc1)N(C)CCCl.Cl. The van der Waals surface area contributed by atoms with Crippen LogP contribution >= 0.6 is 35.6 Å². The van der Waals surface area contributed by atoms with E-state index in [1.54, 1.807) is 0 Å². The minimum Gasteiger partial charge on any atom is -0.301 e. The van der Waals surface area contributed by atoms with E-state index in [2.05, 4.69) is 24.0 Å². The summed E-state index contributed by atoms with van der Waals surface area (Å²) in [6, 6.07) is 10.4. The first kappa shape index (κ1) is 16.1. The van der Waals surface area contributed by atoms with Crippen LogP contribution in [-0.4, -0.2) is 30.4 Å². The third-order valence-electron chi connectivity index (χ3n) is 2.67. The van der Waals surface area contributed by atoms with Gasteiger partial charge in [0.05, 0.1) is 5.38 Å². The Morgan fingerprint density at radius 3 is 2.31 bits per heavy atom. The van der Waals surface area contributed by atoms with Crippen molar-refractivity contribution in [3.05, 3.63) is 35.9 Å². The molecular formula is C12H18Cl3N. The molecule has 0 aromatic heterocycles. The number of likely N-dealkylation sites (N-methyl/N-ethyl adjacent to an activating group) is 1. The quantitative estimate of drug-likeness (QED) is 0.739. The molecule has 92 valence electrons. The van der Waals surface area contributed by atoms with Gasteiger partial charge in [-0.1, -0.05) is 30.3 Å². The molecule has 0 fully saturated rings. The van der Waals surface area contributed by atoms with E-state index in [0.29, 0.717) is 5.88 Å². The summed E-state index contributed by atoms with van der Waals surface area (Å²) in [5.41, 5.74) is 1.16. The fourth-order valence-electron chi connectivity index (χ4n) is 1.48. The molecule has 0 aliphatic carbocycles. The first-order chi connectivity index (χ1) is 7.16. The Balaban J connectivity index is 0.00000225. The lowest BCUT2D eigenvalue weighted by Crippen LogP contribution is -2.33. The summed E-state index contributed by atoms with van der Waals surface area (Å²) in [5.74, 6) is 0.638. The summed E-state index contributed by atoms with van der Waals surface area (Å²) in [6.07, 6.45) is 0. The Hall–Kier alpha value is 0.0500. The first-order valence-corrected chi connectivity index (χ1v) is 6.09. The molecule has 16 heavy (non-hydrogen) atoms. The van der Waals surface area contributed by atoms with Gasteiger partial charge in [0.15, 0.2) is 0 Å². The van der Waals surface area contributed by atoms with Gasteiger partial charge in [0.1, 0.15) is 0 Å². The second kappa shape index (κ2) is 8.19. The van der Waals surface area contributed by atoms with Crippen LogP contribution in [0.25, 0.3) is 0 Å². The highest BCUT2D eigenvalue weighted by atomic mass is 35.5. The topological polar surface area (TPSA) is 3.24 Å². The molecule has 1 rings (SSSR count). The minimum atomic E-state index is 0. The Labute approximate surface area is 114 Å². The van der Waals surface area contributed by atoms with Crippen molar-refractivity contribution in [1.82, 2.24) is 4.90 Å². The van der Waals surface area contributed by atoms with E-state index in [9.17, 15) is 0 Å². The zero-order valence-electron chi connectivity index (χ0n) is 9.57. The summed E-state index contributed by atoms with van der Waals surface area (Å²) in [6.45, 7) is 2.98. The fraction of sp³-hybridized carbons (Fsp3) is 0.500. The molecule has 0 N–H and O–H groups in total. The molecule has 0 saturated heterocycles. The summed E-state index contributed by atoms with van der Waals surface area (Å²) < 4.78 is 0. The number of halogens is 3. The van der Waals surface area contributed by atoms with E-state index in [1.807, 2.05) is 25.2 Å². The van der Waals surface area contributed by atoms with Gasteiger partial charge in [0.2, 0.25) is 0 Å². The summed E-state index contributed by atoms with van der Waals surface area (Å²) in [4.78, 5) is 2.18. The largest absolute Gasteiger partial charge is 0.301 e. The summed E-state index contributed by atoms with van der Waals surface area (Å²) >= 11 is 12.1. The zero-order chi connectivity index (χ0) is 11.3. The van der Waals surface area contributed by atoms with Gasteiger partial charge in [0, 0.05) is 18.5 Å². The van der Waals surface area contributed by atoms with Crippen molar-refractivity contribution < 1.29 is 0 Å². The molecule has 0 aliphatic rings. The molecule has 0 radical (unpaired) electrons. The molecule has 0 saturated carbocycles. The van der Waals surface area contributed by atoms with Gasteiger partial charge in [-0.25, -0.2) is 0 Å². The van der Waals surface area contributed by atoms with Crippen LogP contribution in [0, 0.1) is 0 Å². The average Bonchev–Trinajstić information content (AvgIpc) is 2.28. The molecule has 2 unspecified atom stereocenters. The van der Waals surface area contributed by atoms with Crippen LogP contribution in [0.3, 0.4) is 0 Å². The Bertz CT molecular complexity index is 279. The fourth-order valence-corrected chi connectivity index (χ4v) is 2.08. The van der Waals surface area contributed by atoms with Gasteiger partial charge in [0.25, 0.3) is 0 Å². The number of hydrogen-bond donors (Lipinski definition) is 0. The molecule has 1 aromatic rings. The number of nitrogens with zero attached hydrogens (tertiary/aromatic N) is 1. The monoisotopic (exact) mass is 281 g/mol. The van der Waals surface area contributed by atoms with Crippen LogP contribution < -0.4 is 0 Å². The maximum Gasteiger partial charge on any atom is 0.0737 e. The van der Waals surface area contributed by atoms with Crippen molar-refractivity contribution in [2.75, 3.05) is 19.5 Å². The van der Waals surface area contributed by atoms with Crippen molar-refractivity contribution in [1.29, 1.82) is 0 Å². The lowest BCUT2D eigenvalue weighted by atomic mass is 10.1. The number of alkyl halides is 2. The maximum absolute atomic E-state index is 6.40. The molecule has 1 aromatic carbocycles. The lowest BCUT2D eigenvalue weighted by Gasteiger charge is -2.28. The molecule has 0 aliphatic heterocycles. The predicted molar refractivity (Wildman–Crippen MR) is 75.1 cm³/mol. The van der Waals surface area contributed by atoms with Crippen molar-refractivity contribution in [3.8, 4) is 0 Å². The predicted octanol–water partition coefficient (Wildman–Crippen LogP) is 3.95. The van der Waals surface area contributed by atoms with E-state index in [1.165, 1.54) is 0 Å². The standard InChI is InChI=1S/C12H17Cl2N.ClH/c1-10(15(2)9-8-13)12(14)11-6-4-3-5-7-11;/h3-7,10,12H,8-9H2,1-2H3;1H. The van der Waals surface area contributed by atoms with E-state index in [0.717, 1.165) is 12.1 Å². The number of benzene rings is 1. The van der Waals surface area contributed by atoms with E-state index < -0.39 is 0 Å². The van der Waals surface area contributed by atoms with Crippen LogP contribution in [0.5, 0.6) is 0 Å². The Morgan fingerprint density at radius 2 is 1.81 bits per heavy atom. The van der Waals surface area contributed by atoms with Crippen LogP contribution in [-0.2, 0) is 0 Å². The molecule has 0 heterocycles. The minimum absolute atomic E-state index is 0. The molecule has 0 amide bonds. The normalized spacial score (nSPS) is 14.3. The van der Waals surface area contributed by atoms with Gasteiger partial charge in [-0.05, 0) is 19.5 Å². The van der Waals surface area contributed by atoms with Gasteiger partial charge in [-0.3, -0.25) is 0 Å². The molecule has 4 heteroatoms. The molecule has 1 nitrogen and oxygen atoms in total. The smallest absolute Gasteiger partial charge is 0.0737 e. The van der Waals surface area contributed by atoms with Gasteiger partial charge >= 0.3 is 0 Å². The van der Waals surface area contributed by atoms with Crippen molar-refractivity contribution in [3.63, 3.8) is 0 Å². The molecule has 2 atom stereocenters. The average molecular weight is 283 g/mol. The van der Waals surface area contributed by atoms with Gasteiger partial charge in [-0.2, -0.15) is 0 Å². The highest BCUT2D eigenvalue weighted by molar-refractivity contribution is 6.21. The second-order valence-corrected chi connectivity index (χ2v) is 4.57. The van der Waals surface area contributed by atoms with Crippen molar-refractivity contribution in [2.24, 2.45) is 0 Å². The van der Waals surface area contributed by atoms with Gasteiger partial charge < -0.3 is 4.90 Å². The third-order valence-corrected chi connectivity index (χ3v) is 3.46. The van der Waals surface area contributed by atoms with Gasteiger partial charge in [-0.15, -0.1) is 35.6 Å². The van der Waals surface area contributed by atoms with Crippen LogP contribution in [0.4, 0.5) is 0 Å². The summed E-state index contributed by atoms with van der Waals surface area (Å²) in [5, 5.41) is 0.0133. The number of hydrogen-bond acceptors (Lipinski definition) is 1. The van der Waals surface area contributed by atoms with Crippen molar-refractivity contribution >= 4 is 35.6 Å². The zero-order valence-corrected chi connectivity index (χ0v) is 11.9. The second-order valence-electron chi connectivity index (χ2n) is 3.72. The Morgan fingerprint density at radius 1 is 1.25 bits per heavy atom. The van der Waals surface area contributed by atoms with Crippen LogP contribution in [0.15, 0.2) is 30.3 Å². The summed E-state index contributed by atoms with van der Waals surface area (Å²) in [7, 11) is 2.05. The van der Waals surface area contributed by atoms with E-state index >= 15 is 0 Å². The van der Waals surface area contributed by atoms with Crippen LogP contribution in [0.1, 0.15) is 17.9 Å². The maximum atomic E-state index is 6.40. The number of rotatable bonds is 5. The highest BCUT2D eigenvalue weighted by Gasteiger charge is 2.19. The van der Waals surface area contributed by atoms with Crippen LogP contribution in [0.2, 0.25) is 0 Å². The Kier molecular flexibility index (Phi) is 8.21. The first-order valence-electron chi connectivity index (χ1n) is 5.12. The molecule has 0 bridgehead atoms.